The van der Waals surface area contributed by atoms with Crippen molar-refractivity contribution < 1.29 is 23.4 Å². The molecule has 12 heteroatoms. The van der Waals surface area contributed by atoms with Crippen LogP contribution in [0.5, 0.6) is 0 Å². The van der Waals surface area contributed by atoms with Gasteiger partial charge in [0.25, 0.3) is 0 Å². The Labute approximate surface area is 235 Å². The van der Waals surface area contributed by atoms with E-state index < -0.39 is 23.9 Å². The number of imidazole rings is 1. The Morgan fingerprint density at radius 2 is 1.85 bits per heavy atom. The van der Waals surface area contributed by atoms with Crippen LogP contribution in [0.2, 0.25) is 0 Å². The molecule has 220 valence electrons. The third-order valence-electron chi connectivity index (χ3n) is 9.03. The second-order valence-electron chi connectivity index (χ2n) is 12.1. The Morgan fingerprint density at radius 1 is 1.07 bits per heavy atom. The number of anilines is 1. The summed E-state index contributed by atoms with van der Waals surface area (Å²) in [6.07, 6.45) is 0.487. The van der Waals surface area contributed by atoms with Gasteiger partial charge in [0.2, 0.25) is 0 Å². The maximum absolute atomic E-state index is 13.0. The fourth-order valence-corrected chi connectivity index (χ4v) is 6.74. The molecule has 2 unspecified atom stereocenters. The van der Waals surface area contributed by atoms with Crippen LogP contribution in [0.4, 0.5) is 19.0 Å². The number of hydrogen-bond donors (Lipinski definition) is 4. The lowest BCUT2D eigenvalue weighted by atomic mass is 9.72. The molecule has 0 amide bonds. The van der Waals surface area contributed by atoms with Gasteiger partial charge in [0, 0.05) is 37.7 Å². The van der Waals surface area contributed by atoms with E-state index in [2.05, 4.69) is 38.7 Å². The van der Waals surface area contributed by atoms with Crippen molar-refractivity contribution in [1.82, 2.24) is 29.4 Å². The predicted molar refractivity (Wildman–Crippen MR) is 149 cm³/mol. The number of nitrogens with one attached hydrogen (secondary N) is 1. The Morgan fingerprint density at radius 3 is 2.59 bits per heavy atom. The average molecular weight is 572 g/mol. The molecule has 0 bridgehead atoms. The third kappa shape index (κ3) is 5.40. The van der Waals surface area contributed by atoms with E-state index in [0.717, 1.165) is 42.7 Å². The normalized spacial score (nSPS) is 27.0. The number of nitrogen functional groups attached to an aromatic ring is 1. The molecule has 0 saturated heterocycles. The van der Waals surface area contributed by atoms with Crippen LogP contribution in [0, 0.1) is 17.8 Å². The fraction of sp³-hybridized carbons (Fsp3) is 0.552. The van der Waals surface area contributed by atoms with E-state index in [0.29, 0.717) is 53.7 Å². The van der Waals surface area contributed by atoms with Gasteiger partial charge in [-0.25, -0.2) is 15.0 Å². The lowest BCUT2D eigenvalue weighted by Crippen LogP contribution is -2.44. The molecule has 2 aliphatic carbocycles. The number of aliphatic hydroxyl groups excluding tert-OH is 2. The molecule has 2 fully saturated rings. The zero-order valence-corrected chi connectivity index (χ0v) is 23.1. The average Bonchev–Trinajstić information content (AvgIpc) is 3.58. The molecule has 2 saturated carbocycles. The summed E-state index contributed by atoms with van der Waals surface area (Å²) in [5, 5.41) is 22.7. The van der Waals surface area contributed by atoms with Crippen LogP contribution in [-0.4, -0.2) is 71.0 Å². The number of aromatic amines is 1. The summed E-state index contributed by atoms with van der Waals surface area (Å²) >= 11 is 0. The van der Waals surface area contributed by atoms with E-state index in [1.165, 1.54) is 12.4 Å². The fourth-order valence-electron chi connectivity index (χ4n) is 6.74. The maximum atomic E-state index is 13.0. The van der Waals surface area contributed by atoms with Crippen molar-refractivity contribution in [2.45, 2.75) is 70.0 Å². The van der Waals surface area contributed by atoms with Crippen molar-refractivity contribution in [2.75, 3.05) is 18.8 Å². The molecule has 0 spiro atoms. The summed E-state index contributed by atoms with van der Waals surface area (Å²) in [6, 6.07) is 5.42. The minimum absolute atomic E-state index is 0.0953. The van der Waals surface area contributed by atoms with Gasteiger partial charge >= 0.3 is 6.18 Å². The lowest BCUT2D eigenvalue weighted by Gasteiger charge is -2.40. The molecule has 9 nitrogen and oxygen atoms in total. The molecule has 4 aromatic rings. The Kier molecular flexibility index (Phi) is 7.19. The summed E-state index contributed by atoms with van der Waals surface area (Å²) in [5.41, 5.74) is 6.93. The first-order chi connectivity index (χ1) is 19.5. The van der Waals surface area contributed by atoms with Crippen LogP contribution in [0.3, 0.4) is 0 Å². The van der Waals surface area contributed by atoms with Gasteiger partial charge in [-0.05, 0) is 69.2 Å². The van der Waals surface area contributed by atoms with Crippen LogP contribution < -0.4 is 5.73 Å². The van der Waals surface area contributed by atoms with Crippen molar-refractivity contribution in [3.05, 3.63) is 48.2 Å². The van der Waals surface area contributed by atoms with E-state index in [-0.39, 0.29) is 18.0 Å². The summed E-state index contributed by atoms with van der Waals surface area (Å²) in [5.74, 6) is 1.94. The third-order valence-corrected chi connectivity index (χ3v) is 9.03. The zero-order valence-electron chi connectivity index (χ0n) is 23.1. The Balaban J connectivity index is 1.05. The van der Waals surface area contributed by atoms with Gasteiger partial charge in [0.15, 0.2) is 0 Å². The monoisotopic (exact) mass is 571 g/mol. The van der Waals surface area contributed by atoms with Crippen molar-refractivity contribution in [3.63, 3.8) is 0 Å². The van der Waals surface area contributed by atoms with Gasteiger partial charge < -0.3 is 30.4 Å². The molecule has 4 atom stereocenters. The number of hydrogen-bond acceptors (Lipinski definition) is 7. The zero-order chi connectivity index (χ0) is 29.1. The summed E-state index contributed by atoms with van der Waals surface area (Å²) in [4.78, 5) is 18.4. The number of fused-ring (bicyclic) bond motifs is 2. The van der Waals surface area contributed by atoms with Crippen LogP contribution in [-0.2, 0) is 12.6 Å². The molecular formula is C29H36F3N7O2. The summed E-state index contributed by atoms with van der Waals surface area (Å²) < 4.78 is 41.0. The number of aliphatic hydroxyl groups is 2. The van der Waals surface area contributed by atoms with E-state index in [9.17, 15) is 23.4 Å². The van der Waals surface area contributed by atoms with E-state index >= 15 is 0 Å². The first-order valence-corrected chi connectivity index (χ1v) is 14.2. The standard InChI is InChI=1S/C29H36F3N7O2/c1-15(2)38(13-18-10-23(26(41)25(18)40)39-6-5-20-27(33)34-14-35-28(20)39)12-17-7-16(8-17)9-24-36-21-4-3-19(29(30,31)32)11-22(21)37-24/h3-6,11,14-18,23,25-26,40-41H,7-10,12-13H2,1-2H3,(H,36,37)(H2,33,34,35)/t16?,17?,18-,23?,25-,26?/m1/s1. The van der Waals surface area contributed by atoms with Crippen LogP contribution in [0.25, 0.3) is 22.1 Å². The molecule has 0 radical (unpaired) electrons. The second kappa shape index (κ2) is 10.6. The van der Waals surface area contributed by atoms with Gasteiger partial charge in [-0.2, -0.15) is 13.2 Å². The predicted octanol–water partition coefficient (Wildman–Crippen LogP) is 4.17. The molecule has 41 heavy (non-hydrogen) atoms. The van der Waals surface area contributed by atoms with Crippen LogP contribution in [0.1, 0.15) is 50.5 Å². The largest absolute Gasteiger partial charge is 0.416 e. The van der Waals surface area contributed by atoms with Gasteiger partial charge in [-0.3, -0.25) is 0 Å². The number of nitrogens with two attached hydrogens (primary N) is 1. The highest BCUT2D eigenvalue weighted by Crippen LogP contribution is 2.40. The first kappa shape index (κ1) is 27.9. The highest BCUT2D eigenvalue weighted by Gasteiger charge is 2.44. The molecular weight excluding hydrogens is 535 g/mol. The molecule has 2 aliphatic rings. The maximum Gasteiger partial charge on any atom is 0.416 e. The number of rotatable bonds is 8. The minimum Gasteiger partial charge on any atom is -0.390 e. The van der Waals surface area contributed by atoms with Crippen molar-refractivity contribution in [3.8, 4) is 0 Å². The number of benzene rings is 1. The molecule has 3 aromatic heterocycles. The topological polar surface area (TPSA) is 129 Å². The number of aromatic nitrogens is 5. The molecule has 6 rings (SSSR count). The minimum atomic E-state index is -4.38. The lowest BCUT2D eigenvalue weighted by molar-refractivity contribution is -0.137. The number of alkyl halides is 3. The number of H-pyrrole nitrogens is 1. The van der Waals surface area contributed by atoms with E-state index in [1.54, 1.807) is 0 Å². The Bertz CT molecular complexity index is 1530. The smallest absolute Gasteiger partial charge is 0.390 e. The van der Waals surface area contributed by atoms with Gasteiger partial charge in [-0.15, -0.1) is 0 Å². The van der Waals surface area contributed by atoms with Gasteiger partial charge in [0.1, 0.15) is 29.7 Å². The SMILES string of the molecule is CC(C)N(CC1CC(Cc2nc3ccc(C(F)(F)F)cc3[nH]2)C1)C[C@H]1CC(n2ccc3c(N)ncnc32)C(O)[C@@H]1O. The van der Waals surface area contributed by atoms with E-state index in [1.807, 2.05) is 16.8 Å². The van der Waals surface area contributed by atoms with Crippen LogP contribution >= 0.6 is 0 Å². The molecule has 5 N–H and O–H groups in total. The summed E-state index contributed by atoms with van der Waals surface area (Å²) in [6.45, 7) is 5.86. The number of halogens is 3. The highest BCUT2D eigenvalue weighted by molar-refractivity contribution is 5.86. The van der Waals surface area contributed by atoms with Crippen LogP contribution in [0.15, 0.2) is 36.8 Å². The first-order valence-electron chi connectivity index (χ1n) is 14.2. The molecule has 1 aromatic carbocycles. The van der Waals surface area contributed by atoms with Crippen molar-refractivity contribution in [2.24, 2.45) is 17.8 Å². The molecule has 0 aliphatic heterocycles. The van der Waals surface area contributed by atoms with Gasteiger partial charge in [-0.1, -0.05) is 0 Å². The summed E-state index contributed by atoms with van der Waals surface area (Å²) in [7, 11) is 0. The Hall–Kier alpha value is -3.22. The molecule has 3 heterocycles. The van der Waals surface area contributed by atoms with E-state index in [4.69, 9.17) is 5.73 Å². The van der Waals surface area contributed by atoms with Crippen molar-refractivity contribution in [1.29, 1.82) is 0 Å². The second-order valence-corrected chi connectivity index (χ2v) is 12.1. The quantitative estimate of drug-likeness (QED) is 0.250. The number of nitrogens with zero attached hydrogens (tertiary/aromatic N) is 5. The highest BCUT2D eigenvalue weighted by atomic mass is 19.4. The van der Waals surface area contributed by atoms with Crippen molar-refractivity contribution >= 4 is 27.9 Å². The van der Waals surface area contributed by atoms with Gasteiger partial charge in [0.05, 0.1) is 34.1 Å².